The van der Waals surface area contributed by atoms with Crippen LogP contribution in [0, 0.1) is 0 Å². The molecule has 344 valence electrons. The minimum Gasteiger partial charge on any atom is -0.756 e. The van der Waals surface area contributed by atoms with Gasteiger partial charge in [-0.15, -0.1) is 0 Å². The van der Waals surface area contributed by atoms with Crippen LogP contribution >= 0.6 is 7.82 Å². The fourth-order valence-corrected chi connectivity index (χ4v) is 5.83. The standard InChI is InChI=1S/C50H80NO9P/c1-6-8-10-11-12-13-14-15-16-17-18-21-24-27-30-33-37-41-49(53)57-45-48(46-59-61(55,56)58-44-43-51(3,4)5)60-50(54)42-38-34-31-28-25-22-19-20-23-26-29-32-36-40-47(52)39-35-9-7-2/h8-10,12-13,15-16,18,20-23,25,29,31-32,34-36,40,47-48,52H,6-7,11,14,17,19,24,26-28,30,33,37-39,41-46H2,1-5H3/b10-8-,13-12-,16-15-,21-18-,23-20-,25-22-,32-29+,34-31-,35-9-,40-36+/t47?,48-/m1/s1. The number of hydrogen-bond donors (Lipinski definition) is 1. The van der Waals surface area contributed by atoms with Gasteiger partial charge in [-0.1, -0.05) is 148 Å². The van der Waals surface area contributed by atoms with Gasteiger partial charge in [0.25, 0.3) is 7.82 Å². The number of ether oxygens (including phenoxy) is 2. The van der Waals surface area contributed by atoms with Crippen LogP contribution in [0.5, 0.6) is 0 Å². The topological polar surface area (TPSA) is 131 Å². The van der Waals surface area contributed by atoms with E-state index in [1.807, 2.05) is 69.8 Å². The van der Waals surface area contributed by atoms with E-state index >= 15 is 0 Å². The summed E-state index contributed by atoms with van der Waals surface area (Å²) in [4.78, 5) is 37.5. The van der Waals surface area contributed by atoms with Gasteiger partial charge in [-0.3, -0.25) is 14.2 Å². The number of allylic oxidation sites excluding steroid dienone is 18. The average molecular weight is 870 g/mol. The van der Waals surface area contributed by atoms with Gasteiger partial charge in [0.2, 0.25) is 0 Å². The molecule has 0 fully saturated rings. The number of aliphatic hydroxyl groups is 1. The summed E-state index contributed by atoms with van der Waals surface area (Å²) in [5.74, 6) is -0.997. The third kappa shape index (κ3) is 44.2. The number of unbranched alkanes of at least 4 members (excludes halogenated alkanes) is 4. The number of esters is 2. The molecule has 2 unspecified atom stereocenters. The monoisotopic (exact) mass is 870 g/mol. The number of quaternary nitrogens is 1. The zero-order valence-corrected chi connectivity index (χ0v) is 39.1. The molecule has 10 nitrogen and oxygen atoms in total. The van der Waals surface area contributed by atoms with Crippen molar-refractivity contribution < 1.29 is 47.2 Å². The van der Waals surface area contributed by atoms with Crippen molar-refractivity contribution in [2.24, 2.45) is 0 Å². The summed E-state index contributed by atoms with van der Waals surface area (Å²) in [6.45, 7) is 3.74. The number of rotatable bonds is 38. The van der Waals surface area contributed by atoms with Crippen LogP contribution in [0.25, 0.3) is 0 Å². The lowest BCUT2D eigenvalue weighted by molar-refractivity contribution is -0.870. The third-order valence-electron chi connectivity index (χ3n) is 8.57. The van der Waals surface area contributed by atoms with E-state index in [-0.39, 0.29) is 26.1 Å². The molecule has 0 heterocycles. The Morgan fingerprint density at radius 1 is 0.607 bits per heavy atom. The van der Waals surface area contributed by atoms with Gasteiger partial charge in [-0.05, 0) is 83.5 Å². The zero-order chi connectivity index (χ0) is 45.1. The highest BCUT2D eigenvalue weighted by Crippen LogP contribution is 2.38. The molecule has 0 aliphatic heterocycles. The zero-order valence-electron chi connectivity index (χ0n) is 38.2. The van der Waals surface area contributed by atoms with Gasteiger partial charge in [-0.25, -0.2) is 0 Å². The summed E-state index contributed by atoms with van der Waals surface area (Å²) >= 11 is 0. The summed E-state index contributed by atoms with van der Waals surface area (Å²) in [6, 6.07) is 0. The molecule has 61 heavy (non-hydrogen) atoms. The first-order valence-corrected chi connectivity index (χ1v) is 23.8. The molecule has 0 bridgehead atoms. The van der Waals surface area contributed by atoms with Gasteiger partial charge in [0.1, 0.15) is 19.8 Å². The molecule has 0 spiro atoms. The van der Waals surface area contributed by atoms with Crippen molar-refractivity contribution in [1.82, 2.24) is 0 Å². The fourth-order valence-electron chi connectivity index (χ4n) is 5.11. The van der Waals surface area contributed by atoms with E-state index < -0.39 is 38.6 Å². The van der Waals surface area contributed by atoms with Gasteiger partial charge in [0.05, 0.1) is 33.9 Å². The summed E-state index contributed by atoms with van der Waals surface area (Å²) in [6.07, 6.45) is 52.9. The molecular weight excluding hydrogens is 790 g/mol. The van der Waals surface area contributed by atoms with E-state index in [2.05, 4.69) is 80.7 Å². The van der Waals surface area contributed by atoms with Crippen LogP contribution in [-0.2, 0) is 32.7 Å². The number of likely N-dealkylation sites (N-methyl/N-ethyl adjacent to an activating group) is 1. The Morgan fingerprint density at radius 3 is 1.72 bits per heavy atom. The molecule has 0 amide bonds. The number of phosphoric ester groups is 1. The Bertz CT molecular complexity index is 1460. The lowest BCUT2D eigenvalue weighted by Gasteiger charge is -2.28. The van der Waals surface area contributed by atoms with Gasteiger partial charge in [0, 0.05) is 12.8 Å². The summed E-state index contributed by atoms with van der Waals surface area (Å²) < 4.78 is 33.8. The number of nitrogens with zero attached hydrogens (tertiary/aromatic N) is 1. The molecule has 0 rings (SSSR count). The maximum absolute atomic E-state index is 12.7. The normalized spacial score (nSPS) is 15.2. The van der Waals surface area contributed by atoms with E-state index in [9.17, 15) is 24.2 Å². The quantitative estimate of drug-likeness (QED) is 0.0161. The van der Waals surface area contributed by atoms with Gasteiger partial charge < -0.3 is 33.0 Å². The van der Waals surface area contributed by atoms with Crippen LogP contribution in [0.3, 0.4) is 0 Å². The average Bonchev–Trinajstić information content (AvgIpc) is 3.21. The number of phosphoric acid groups is 1. The van der Waals surface area contributed by atoms with Crippen molar-refractivity contribution in [3.05, 3.63) is 122 Å². The molecule has 0 aromatic rings. The highest BCUT2D eigenvalue weighted by Gasteiger charge is 2.21. The van der Waals surface area contributed by atoms with Crippen molar-refractivity contribution >= 4 is 19.8 Å². The second-order valence-electron chi connectivity index (χ2n) is 15.5. The predicted octanol–water partition coefficient (Wildman–Crippen LogP) is 11.2. The first kappa shape index (κ1) is 57.4. The number of carbonyl (C=O) groups is 2. The van der Waals surface area contributed by atoms with Gasteiger partial charge in [0.15, 0.2) is 6.10 Å². The van der Waals surface area contributed by atoms with E-state index in [1.54, 1.807) is 6.08 Å². The van der Waals surface area contributed by atoms with Crippen molar-refractivity contribution in [3.8, 4) is 0 Å². The predicted molar refractivity (Wildman–Crippen MR) is 250 cm³/mol. The minimum absolute atomic E-state index is 0.0635. The maximum atomic E-state index is 12.7. The molecular formula is C50H80NO9P. The van der Waals surface area contributed by atoms with Crippen molar-refractivity contribution in [2.45, 2.75) is 135 Å². The highest BCUT2D eigenvalue weighted by atomic mass is 31.2. The Hall–Kier alpha value is -3.63. The van der Waals surface area contributed by atoms with E-state index in [1.165, 1.54) is 0 Å². The molecule has 1 N–H and O–H groups in total. The number of aliphatic hydroxyl groups excluding tert-OH is 1. The molecule has 3 atom stereocenters. The molecule has 0 aliphatic rings. The van der Waals surface area contributed by atoms with Gasteiger partial charge in [-0.2, -0.15) is 0 Å². The van der Waals surface area contributed by atoms with Gasteiger partial charge >= 0.3 is 11.9 Å². The van der Waals surface area contributed by atoms with Crippen LogP contribution in [0.1, 0.15) is 123 Å². The SMILES string of the molecule is CC/C=C\C/C=C\C/C=C\C/C=C\CCCCCCC(=O)OC[C@H](COP(=O)([O-])OCC[N+](C)(C)C)OC(=O)CC/C=C\C/C=C\C/C=C\C/C=C/C=C/C(O)C/C=C\CC. The minimum atomic E-state index is -4.67. The molecule has 0 aliphatic carbocycles. The molecule has 0 saturated heterocycles. The number of carbonyl (C=O) groups excluding carboxylic acids is 2. The van der Waals surface area contributed by atoms with Crippen molar-refractivity contribution in [3.63, 3.8) is 0 Å². The summed E-state index contributed by atoms with van der Waals surface area (Å²) in [7, 11) is 1.05. The fraction of sp³-hybridized carbons (Fsp3) is 0.560. The molecule has 0 saturated carbocycles. The third-order valence-corrected chi connectivity index (χ3v) is 9.54. The second kappa shape index (κ2) is 40.4. The molecule has 0 radical (unpaired) electrons. The largest absolute Gasteiger partial charge is 0.756 e. The Balaban J connectivity index is 4.59. The summed E-state index contributed by atoms with van der Waals surface area (Å²) in [5, 5.41) is 9.85. The maximum Gasteiger partial charge on any atom is 0.306 e. The van der Waals surface area contributed by atoms with Crippen molar-refractivity contribution in [2.75, 3.05) is 47.5 Å². The molecule has 11 heteroatoms. The lowest BCUT2D eigenvalue weighted by atomic mass is 10.1. The van der Waals surface area contributed by atoms with Crippen molar-refractivity contribution in [1.29, 1.82) is 0 Å². The second-order valence-corrected chi connectivity index (χ2v) is 16.9. The first-order valence-electron chi connectivity index (χ1n) is 22.4. The van der Waals surface area contributed by atoms with Crippen LogP contribution in [0.15, 0.2) is 122 Å². The Morgan fingerprint density at radius 2 is 1.13 bits per heavy atom. The molecule has 0 aromatic heterocycles. The Kier molecular flexibility index (Phi) is 38.0. The number of hydrogen-bond acceptors (Lipinski definition) is 9. The van der Waals surface area contributed by atoms with E-state index in [4.69, 9.17) is 18.5 Å². The van der Waals surface area contributed by atoms with Crippen LogP contribution in [0.4, 0.5) is 0 Å². The van der Waals surface area contributed by atoms with Crippen LogP contribution < -0.4 is 4.89 Å². The highest BCUT2D eigenvalue weighted by molar-refractivity contribution is 7.45. The van der Waals surface area contributed by atoms with Crippen LogP contribution in [-0.4, -0.2) is 81.2 Å². The Labute approximate surface area is 370 Å². The summed E-state index contributed by atoms with van der Waals surface area (Å²) in [5.41, 5.74) is 0. The van der Waals surface area contributed by atoms with Crippen LogP contribution in [0.2, 0.25) is 0 Å². The molecule has 0 aromatic carbocycles. The lowest BCUT2D eigenvalue weighted by Crippen LogP contribution is -2.37. The first-order chi connectivity index (χ1) is 29.4. The van der Waals surface area contributed by atoms with E-state index in [0.29, 0.717) is 36.7 Å². The smallest absolute Gasteiger partial charge is 0.306 e. The van der Waals surface area contributed by atoms with E-state index in [0.717, 1.165) is 70.6 Å².